The smallest absolute Gasteiger partial charge is 0.219 e. The van der Waals surface area contributed by atoms with Crippen LogP contribution in [0, 0.1) is 0 Å². The molecule has 0 aromatic rings. The van der Waals surface area contributed by atoms with Crippen molar-refractivity contribution in [1.82, 2.24) is 5.32 Å². The van der Waals surface area contributed by atoms with Crippen molar-refractivity contribution in [2.24, 2.45) is 0 Å². The van der Waals surface area contributed by atoms with Gasteiger partial charge in [0, 0.05) is 13.0 Å². The Morgan fingerprint density at radius 1 is 1.30 bits per heavy atom. The number of rotatable bonds is 5. The van der Waals surface area contributed by atoms with Crippen LogP contribution in [-0.2, 0) is 4.79 Å². The van der Waals surface area contributed by atoms with Crippen LogP contribution in [0.1, 0.15) is 39.5 Å². The summed E-state index contributed by atoms with van der Waals surface area (Å²) in [6.07, 6.45) is 4.14. The van der Waals surface area contributed by atoms with Crippen LogP contribution in [0.4, 0.5) is 0 Å². The standard InChI is InChI=1S/C8H17NO/c1-3-5-6-7-9-8(10)4-2/h3-7H2,1-2H3,(H,9,10). The summed E-state index contributed by atoms with van der Waals surface area (Å²) in [7, 11) is 0. The van der Waals surface area contributed by atoms with E-state index in [0.29, 0.717) is 6.42 Å². The van der Waals surface area contributed by atoms with Gasteiger partial charge in [-0.1, -0.05) is 26.7 Å². The molecule has 0 rings (SSSR count). The zero-order chi connectivity index (χ0) is 7.82. The number of hydrogen-bond donors (Lipinski definition) is 1. The molecule has 60 valence electrons. The second-order valence-corrected chi connectivity index (χ2v) is 2.41. The third-order valence-corrected chi connectivity index (χ3v) is 1.42. The summed E-state index contributed by atoms with van der Waals surface area (Å²) in [6.45, 7) is 4.87. The summed E-state index contributed by atoms with van der Waals surface area (Å²) in [5, 5.41) is 2.83. The van der Waals surface area contributed by atoms with Gasteiger partial charge in [-0.05, 0) is 6.42 Å². The van der Waals surface area contributed by atoms with E-state index >= 15 is 0 Å². The van der Waals surface area contributed by atoms with E-state index < -0.39 is 0 Å². The predicted octanol–water partition coefficient (Wildman–Crippen LogP) is 1.70. The molecule has 1 N–H and O–H groups in total. The predicted molar refractivity (Wildman–Crippen MR) is 42.8 cm³/mol. The SMILES string of the molecule is CCCCCNC(=O)CC. The zero-order valence-electron chi connectivity index (χ0n) is 6.94. The Kier molecular flexibility index (Phi) is 6.24. The maximum atomic E-state index is 10.7. The van der Waals surface area contributed by atoms with Gasteiger partial charge in [-0.2, -0.15) is 0 Å². The normalized spacial score (nSPS) is 9.40. The lowest BCUT2D eigenvalue weighted by molar-refractivity contribution is -0.120. The molecule has 2 nitrogen and oxygen atoms in total. The van der Waals surface area contributed by atoms with E-state index in [4.69, 9.17) is 0 Å². The highest BCUT2D eigenvalue weighted by atomic mass is 16.1. The minimum absolute atomic E-state index is 0.163. The summed E-state index contributed by atoms with van der Waals surface area (Å²) in [5.41, 5.74) is 0. The van der Waals surface area contributed by atoms with Gasteiger partial charge in [0.05, 0.1) is 0 Å². The van der Waals surface area contributed by atoms with Crippen molar-refractivity contribution in [3.8, 4) is 0 Å². The fourth-order valence-corrected chi connectivity index (χ4v) is 0.728. The lowest BCUT2D eigenvalue weighted by Gasteiger charge is -2.00. The number of carbonyl (C=O) groups excluding carboxylic acids is 1. The number of carbonyl (C=O) groups is 1. The Balaban J connectivity index is 2.96. The molecule has 2 heteroatoms. The van der Waals surface area contributed by atoms with Gasteiger partial charge >= 0.3 is 0 Å². The molecule has 0 spiro atoms. The molecule has 0 aliphatic heterocycles. The molecule has 0 heterocycles. The fourth-order valence-electron chi connectivity index (χ4n) is 0.728. The summed E-state index contributed by atoms with van der Waals surface area (Å²) >= 11 is 0. The monoisotopic (exact) mass is 143 g/mol. The topological polar surface area (TPSA) is 29.1 Å². The maximum absolute atomic E-state index is 10.7. The quantitative estimate of drug-likeness (QED) is 0.583. The molecule has 0 aliphatic carbocycles. The van der Waals surface area contributed by atoms with E-state index in [-0.39, 0.29) is 5.91 Å². The first-order valence-electron chi connectivity index (χ1n) is 4.08. The van der Waals surface area contributed by atoms with Gasteiger partial charge in [-0.3, -0.25) is 4.79 Å². The molecular formula is C8H17NO. The first kappa shape index (κ1) is 9.47. The number of unbranched alkanes of at least 4 members (excludes halogenated alkanes) is 2. The highest BCUT2D eigenvalue weighted by Gasteiger charge is 1.92. The zero-order valence-corrected chi connectivity index (χ0v) is 6.94. The van der Waals surface area contributed by atoms with Gasteiger partial charge < -0.3 is 5.32 Å². The number of hydrogen-bond acceptors (Lipinski definition) is 1. The van der Waals surface area contributed by atoms with Crippen LogP contribution in [0.15, 0.2) is 0 Å². The van der Waals surface area contributed by atoms with Crippen molar-refractivity contribution in [2.75, 3.05) is 6.54 Å². The van der Waals surface area contributed by atoms with Crippen molar-refractivity contribution < 1.29 is 4.79 Å². The van der Waals surface area contributed by atoms with Gasteiger partial charge in [0.1, 0.15) is 0 Å². The molecule has 0 fully saturated rings. The molecule has 0 saturated carbocycles. The maximum Gasteiger partial charge on any atom is 0.219 e. The molecule has 0 aromatic heterocycles. The van der Waals surface area contributed by atoms with Crippen LogP contribution < -0.4 is 5.32 Å². The molecule has 10 heavy (non-hydrogen) atoms. The average molecular weight is 143 g/mol. The van der Waals surface area contributed by atoms with Crippen molar-refractivity contribution >= 4 is 5.91 Å². The molecule has 0 unspecified atom stereocenters. The molecule has 0 radical (unpaired) electrons. The van der Waals surface area contributed by atoms with Gasteiger partial charge in [0.15, 0.2) is 0 Å². The van der Waals surface area contributed by atoms with Crippen molar-refractivity contribution in [3.05, 3.63) is 0 Å². The molecule has 0 saturated heterocycles. The van der Waals surface area contributed by atoms with Gasteiger partial charge in [0.25, 0.3) is 0 Å². The minimum Gasteiger partial charge on any atom is -0.356 e. The lowest BCUT2D eigenvalue weighted by Crippen LogP contribution is -2.22. The second kappa shape index (κ2) is 6.59. The van der Waals surface area contributed by atoms with Gasteiger partial charge in [0.2, 0.25) is 5.91 Å². The van der Waals surface area contributed by atoms with Crippen LogP contribution >= 0.6 is 0 Å². The molecular weight excluding hydrogens is 126 g/mol. The third-order valence-electron chi connectivity index (χ3n) is 1.42. The van der Waals surface area contributed by atoms with Crippen LogP contribution in [0.2, 0.25) is 0 Å². The van der Waals surface area contributed by atoms with Crippen LogP contribution in [0.5, 0.6) is 0 Å². The summed E-state index contributed by atoms with van der Waals surface area (Å²) < 4.78 is 0. The number of nitrogens with one attached hydrogen (secondary N) is 1. The van der Waals surface area contributed by atoms with E-state index in [1.54, 1.807) is 0 Å². The molecule has 0 aromatic carbocycles. The third kappa shape index (κ3) is 5.60. The van der Waals surface area contributed by atoms with E-state index in [1.807, 2.05) is 6.92 Å². The van der Waals surface area contributed by atoms with E-state index in [9.17, 15) is 4.79 Å². The Bertz CT molecular complexity index is 91.3. The Morgan fingerprint density at radius 2 is 2.00 bits per heavy atom. The first-order valence-corrected chi connectivity index (χ1v) is 4.08. The minimum atomic E-state index is 0.163. The van der Waals surface area contributed by atoms with Crippen LogP contribution in [0.3, 0.4) is 0 Å². The van der Waals surface area contributed by atoms with Gasteiger partial charge in [-0.25, -0.2) is 0 Å². The highest BCUT2D eigenvalue weighted by molar-refractivity contribution is 5.75. The summed E-state index contributed by atoms with van der Waals surface area (Å²) in [5.74, 6) is 0.163. The first-order chi connectivity index (χ1) is 4.81. The second-order valence-electron chi connectivity index (χ2n) is 2.41. The summed E-state index contributed by atoms with van der Waals surface area (Å²) in [4.78, 5) is 10.7. The van der Waals surface area contributed by atoms with E-state index in [1.165, 1.54) is 12.8 Å². The summed E-state index contributed by atoms with van der Waals surface area (Å²) in [6, 6.07) is 0. The van der Waals surface area contributed by atoms with Crippen molar-refractivity contribution in [3.63, 3.8) is 0 Å². The fraction of sp³-hybridized carbons (Fsp3) is 0.875. The van der Waals surface area contributed by atoms with Crippen LogP contribution in [-0.4, -0.2) is 12.5 Å². The van der Waals surface area contributed by atoms with Crippen LogP contribution in [0.25, 0.3) is 0 Å². The number of amides is 1. The van der Waals surface area contributed by atoms with Gasteiger partial charge in [-0.15, -0.1) is 0 Å². The van der Waals surface area contributed by atoms with E-state index in [2.05, 4.69) is 12.2 Å². The largest absolute Gasteiger partial charge is 0.356 e. The van der Waals surface area contributed by atoms with Crippen molar-refractivity contribution in [1.29, 1.82) is 0 Å². The molecule has 0 aliphatic rings. The Hall–Kier alpha value is -0.530. The lowest BCUT2D eigenvalue weighted by atomic mass is 10.2. The Labute approximate surface area is 63.0 Å². The molecule has 0 atom stereocenters. The van der Waals surface area contributed by atoms with Crippen molar-refractivity contribution in [2.45, 2.75) is 39.5 Å². The molecule has 0 bridgehead atoms. The highest BCUT2D eigenvalue weighted by Crippen LogP contribution is 1.90. The van der Waals surface area contributed by atoms with E-state index in [0.717, 1.165) is 13.0 Å². The Morgan fingerprint density at radius 3 is 2.50 bits per heavy atom. The average Bonchev–Trinajstić information content (AvgIpc) is 1.98. The molecule has 1 amide bonds.